The molecule has 0 aliphatic carbocycles. The number of carbonyl (C=O) groups is 1. The second-order valence-corrected chi connectivity index (χ2v) is 6.63. The van der Waals surface area contributed by atoms with Gasteiger partial charge in [0.25, 0.3) is 5.91 Å². The molecule has 24 heavy (non-hydrogen) atoms. The van der Waals surface area contributed by atoms with Crippen LogP contribution in [0.1, 0.15) is 0 Å². The van der Waals surface area contributed by atoms with Gasteiger partial charge in [-0.05, 0) is 36.4 Å². The van der Waals surface area contributed by atoms with Gasteiger partial charge in [-0.2, -0.15) is 0 Å². The summed E-state index contributed by atoms with van der Waals surface area (Å²) in [4.78, 5) is 16.3. The van der Waals surface area contributed by atoms with Crippen molar-refractivity contribution in [1.29, 1.82) is 0 Å². The van der Waals surface area contributed by atoms with Crippen LogP contribution in [0.4, 0.5) is 10.8 Å². The van der Waals surface area contributed by atoms with Gasteiger partial charge < -0.3 is 10.1 Å². The van der Waals surface area contributed by atoms with E-state index in [4.69, 9.17) is 33.8 Å². The van der Waals surface area contributed by atoms with Crippen LogP contribution in [0.25, 0.3) is 10.2 Å². The summed E-state index contributed by atoms with van der Waals surface area (Å²) in [6.45, 7) is -0.169. The Morgan fingerprint density at radius 3 is 2.83 bits per heavy atom. The summed E-state index contributed by atoms with van der Waals surface area (Å²) in [7, 11) is 0. The van der Waals surface area contributed by atoms with E-state index in [1.807, 2.05) is 6.07 Å². The summed E-state index contributed by atoms with van der Waals surface area (Å²) < 4.78 is 6.30. The van der Waals surface area contributed by atoms with E-state index in [0.717, 1.165) is 10.2 Å². The third kappa shape index (κ3) is 3.88. The van der Waals surface area contributed by atoms with Gasteiger partial charge in [0.1, 0.15) is 5.75 Å². The SMILES string of the molecule is NNc1nc2ccc(NC(=O)COc3ccc(Cl)cc3Cl)cc2s1. The van der Waals surface area contributed by atoms with Gasteiger partial charge in [-0.15, -0.1) is 0 Å². The zero-order valence-corrected chi connectivity index (χ0v) is 14.5. The summed E-state index contributed by atoms with van der Waals surface area (Å²) in [6.07, 6.45) is 0. The summed E-state index contributed by atoms with van der Waals surface area (Å²) in [6, 6.07) is 10.2. The van der Waals surface area contributed by atoms with Crippen molar-refractivity contribution in [2.24, 2.45) is 5.84 Å². The summed E-state index contributed by atoms with van der Waals surface area (Å²) in [5.41, 5.74) is 3.95. The Bertz CT molecular complexity index is 900. The summed E-state index contributed by atoms with van der Waals surface area (Å²) >= 11 is 13.2. The number of rotatable bonds is 5. The molecule has 124 valence electrons. The number of nitrogen functional groups attached to an aromatic ring is 1. The number of aromatic nitrogens is 1. The van der Waals surface area contributed by atoms with E-state index in [9.17, 15) is 4.79 Å². The normalized spacial score (nSPS) is 10.6. The molecule has 0 aliphatic heterocycles. The highest BCUT2D eigenvalue weighted by Gasteiger charge is 2.09. The second-order valence-electron chi connectivity index (χ2n) is 4.76. The van der Waals surface area contributed by atoms with E-state index in [0.29, 0.717) is 26.6 Å². The molecule has 0 fully saturated rings. The minimum absolute atomic E-state index is 0.169. The van der Waals surface area contributed by atoms with Crippen molar-refractivity contribution in [1.82, 2.24) is 4.98 Å². The molecule has 0 bridgehead atoms. The number of hydrazine groups is 1. The standard InChI is InChI=1S/C15H12Cl2N4O2S/c16-8-1-4-12(10(17)5-8)23-7-14(22)19-9-2-3-11-13(6-9)24-15(20-11)21-18/h1-6H,7,18H2,(H,19,22)(H,20,21). The number of hydrogen-bond donors (Lipinski definition) is 3. The Labute approximate surface area is 151 Å². The number of halogens is 2. The van der Waals surface area contributed by atoms with Gasteiger partial charge in [-0.25, -0.2) is 10.8 Å². The van der Waals surface area contributed by atoms with E-state index in [1.54, 1.807) is 30.3 Å². The fourth-order valence-corrected chi connectivity index (χ4v) is 3.28. The number of benzene rings is 2. The zero-order chi connectivity index (χ0) is 17.1. The number of nitrogens with one attached hydrogen (secondary N) is 2. The molecule has 1 amide bonds. The van der Waals surface area contributed by atoms with Gasteiger partial charge in [-0.1, -0.05) is 34.5 Å². The average Bonchev–Trinajstić information content (AvgIpc) is 2.96. The maximum Gasteiger partial charge on any atom is 0.262 e. The molecular weight excluding hydrogens is 371 g/mol. The summed E-state index contributed by atoms with van der Waals surface area (Å²) in [5, 5.41) is 4.21. The lowest BCUT2D eigenvalue weighted by Crippen LogP contribution is -2.20. The monoisotopic (exact) mass is 382 g/mol. The van der Waals surface area contributed by atoms with Crippen molar-refractivity contribution >= 4 is 61.5 Å². The smallest absolute Gasteiger partial charge is 0.262 e. The lowest BCUT2D eigenvalue weighted by Gasteiger charge is -2.09. The molecule has 0 atom stereocenters. The van der Waals surface area contributed by atoms with Crippen LogP contribution in [-0.2, 0) is 4.79 Å². The molecule has 0 aliphatic rings. The van der Waals surface area contributed by atoms with Crippen LogP contribution in [0, 0.1) is 0 Å². The molecule has 2 aromatic carbocycles. The molecule has 1 aromatic heterocycles. The fourth-order valence-electron chi connectivity index (χ4n) is 2.00. The highest BCUT2D eigenvalue weighted by molar-refractivity contribution is 7.22. The molecule has 3 aromatic rings. The van der Waals surface area contributed by atoms with Crippen molar-refractivity contribution in [3.05, 3.63) is 46.4 Å². The fraction of sp³-hybridized carbons (Fsp3) is 0.0667. The van der Waals surface area contributed by atoms with Gasteiger partial charge >= 0.3 is 0 Å². The van der Waals surface area contributed by atoms with Gasteiger partial charge in [-0.3, -0.25) is 10.2 Å². The quantitative estimate of drug-likeness (QED) is 0.459. The van der Waals surface area contributed by atoms with E-state index < -0.39 is 0 Å². The maximum atomic E-state index is 12.0. The number of carbonyl (C=O) groups excluding carboxylic acids is 1. The third-order valence-electron chi connectivity index (χ3n) is 3.05. The largest absolute Gasteiger partial charge is 0.482 e. The van der Waals surface area contributed by atoms with Crippen LogP contribution >= 0.6 is 34.5 Å². The zero-order valence-electron chi connectivity index (χ0n) is 12.2. The minimum atomic E-state index is -0.304. The molecule has 0 spiro atoms. The molecule has 0 radical (unpaired) electrons. The van der Waals surface area contributed by atoms with Crippen LogP contribution < -0.4 is 21.3 Å². The molecule has 0 saturated heterocycles. The van der Waals surface area contributed by atoms with Gasteiger partial charge in [0, 0.05) is 10.7 Å². The number of nitrogens with two attached hydrogens (primary N) is 1. The maximum absolute atomic E-state index is 12.0. The molecular formula is C15H12Cl2N4O2S. The number of thiazole rings is 1. The van der Waals surface area contributed by atoms with E-state index >= 15 is 0 Å². The van der Waals surface area contributed by atoms with Crippen molar-refractivity contribution in [2.75, 3.05) is 17.3 Å². The lowest BCUT2D eigenvalue weighted by molar-refractivity contribution is -0.118. The number of nitrogens with zero attached hydrogens (tertiary/aromatic N) is 1. The number of ether oxygens (including phenoxy) is 1. The van der Waals surface area contributed by atoms with Crippen LogP contribution in [0.5, 0.6) is 5.75 Å². The van der Waals surface area contributed by atoms with Crippen LogP contribution in [0.3, 0.4) is 0 Å². The Hall–Kier alpha value is -2.06. The molecule has 3 rings (SSSR count). The lowest BCUT2D eigenvalue weighted by atomic mass is 10.3. The number of fused-ring (bicyclic) bond motifs is 1. The molecule has 4 N–H and O–H groups in total. The predicted molar refractivity (Wildman–Crippen MR) is 98.0 cm³/mol. The van der Waals surface area contributed by atoms with Crippen molar-refractivity contribution in [3.8, 4) is 5.75 Å². The predicted octanol–water partition coefficient (Wildman–Crippen LogP) is 3.91. The second kappa shape index (κ2) is 7.23. The van der Waals surface area contributed by atoms with Crippen molar-refractivity contribution in [2.45, 2.75) is 0 Å². The van der Waals surface area contributed by atoms with E-state index in [1.165, 1.54) is 11.3 Å². The number of amides is 1. The topological polar surface area (TPSA) is 89.3 Å². The van der Waals surface area contributed by atoms with Gasteiger partial charge in [0.2, 0.25) is 0 Å². The Kier molecular flexibility index (Phi) is 5.06. The van der Waals surface area contributed by atoms with Crippen molar-refractivity contribution < 1.29 is 9.53 Å². The first-order valence-corrected chi connectivity index (χ1v) is 8.37. The minimum Gasteiger partial charge on any atom is -0.482 e. The summed E-state index contributed by atoms with van der Waals surface area (Å²) in [5.74, 6) is 5.43. The Morgan fingerprint density at radius 1 is 1.25 bits per heavy atom. The Morgan fingerprint density at radius 2 is 2.08 bits per heavy atom. The van der Waals surface area contributed by atoms with Gasteiger partial charge in [0.15, 0.2) is 11.7 Å². The first-order valence-electron chi connectivity index (χ1n) is 6.80. The number of anilines is 2. The average molecular weight is 383 g/mol. The van der Waals surface area contributed by atoms with Crippen LogP contribution in [-0.4, -0.2) is 17.5 Å². The third-order valence-corrected chi connectivity index (χ3v) is 4.53. The van der Waals surface area contributed by atoms with Crippen LogP contribution in [0.15, 0.2) is 36.4 Å². The highest BCUT2D eigenvalue weighted by Crippen LogP contribution is 2.29. The molecule has 1 heterocycles. The van der Waals surface area contributed by atoms with Crippen molar-refractivity contribution in [3.63, 3.8) is 0 Å². The highest BCUT2D eigenvalue weighted by atomic mass is 35.5. The molecule has 0 unspecified atom stereocenters. The first-order chi connectivity index (χ1) is 11.5. The van der Waals surface area contributed by atoms with E-state index in [2.05, 4.69) is 15.7 Å². The van der Waals surface area contributed by atoms with Crippen LogP contribution in [0.2, 0.25) is 10.0 Å². The number of hydrogen-bond acceptors (Lipinski definition) is 6. The molecule has 9 heteroatoms. The van der Waals surface area contributed by atoms with E-state index in [-0.39, 0.29) is 12.5 Å². The molecule has 0 saturated carbocycles. The Balaban J connectivity index is 1.64. The first kappa shape index (κ1) is 16.8. The van der Waals surface area contributed by atoms with Gasteiger partial charge in [0.05, 0.1) is 15.2 Å². The molecule has 6 nitrogen and oxygen atoms in total.